The monoisotopic (exact) mass is 889 g/mol. The second-order valence-corrected chi connectivity index (χ2v) is 19.2. The number of esters is 1. The number of aromatic nitrogens is 2. The van der Waals surface area contributed by atoms with Gasteiger partial charge in [-0.05, 0) is 63.3 Å². The molecule has 3 aliphatic heterocycles. The highest BCUT2D eigenvalue weighted by molar-refractivity contribution is 8.03. The minimum absolute atomic E-state index is 0.0280. The van der Waals surface area contributed by atoms with Crippen LogP contribution in [0.2, 0.25) is 4.34 Å². The van der Waals surface area contributed by atoms with Gasteiger partial charge in [-0.15, -0.1) is 0 Å². The van der Waals surface area contributed by atoms with Crippen molar-refractivity contribution in [1.82, 2.24) is 25.1 Å². The molecule has 2 saturated heterocycles. The summed E-state index contributed by atoms with van der Waals surface area (Å²) in [6.45, 7) is 6.74. The summed E-state index contributed by atoms with van der Waals surface area (Å²) < 4.78 is 12.1. The minimum Gasteiger partial charge on any atom is -0.448 e. The molecule has 3 unspecified atom stereocenters. The number of oxime groups is 1. The van der Waals surface area contributed by atoms with E-state index in [1.54, 1.807) is 22.9 Å². The molecule has 14 nitrogen and oxygen atoms in total. The van der Waals surface area contributed by atoms with Crippen LogP contribution in [0.15, 0.2) is 99.6 Å². The number of fused-ring (bicyclic) bond motifs is 1. The van der Waals surface area contributed by atoms with Crippen LogP contribution in [0.1, 0.15) is 68.7 Å². The number of nitrogens with zero attached hydrogens (tertiary/aromatic N) is 5. The Morgan fingerprint density at radius 3 is 2.38 bits per heavy atom. The summed E-state index contributed by atoms with van der Waals surface area (Å²) >= 11 is 10.4. The first-order valence-electron chi connectivity index (χ1n) is 19.2. The first-order chi connectivity index (χ1) is 28.8. The average Bonchev–Trinajstić information content (AvgIpc) is 3.85. The molecule has 5 heterocycles. The van der Waals surface area contributed by atoms with Crippen LogP contribution in [0, 0.1) is 0 Å². The van der Waals surface area contributed by atoms with E-state index in [-0.39, 0.29) is 37.9 Å². The van der Waals surface area contributed by atoms with Crippen molar-refractivity contribution in [3.05, 3.63) is 116 Å². The third-order valence-corrected chi connectivity index (χ3v) is 13.5. The molecule has 0 aliphatic carbocycles. The Balaban J connectivity index is 1.15. The maximum atomic E-state index is 14.7. The van der Waals surface area contributed by atoms with Gasteiger partial charge in [0.15, 0.2) is 16.9 Å². The molecule has 3 aliphatic rings. The topological polar surface area (TPSA) is 179 Å². The first-order valence-corrected chi connectivity index (χ1v) is 22.3. The van der Waals surface area contributed by atoms with Crippen LogP contribution in [-0.2, 0) is 34.4 Å². The summed E-state index contributed by atoms with van der Waals surface area (Å²) in [4.78, 5) is 73.6. The lowest BCUT2D eigenvalue weighted by Gasteiger charge is -2.50. The third kappa shape index (κ3) is 9.75. The number of likely N-dealkylation sites (tertiary alicyclic amines) is 1. The number of anilines is 1. The van der Waals surface area contributed by atoms with Crippen molar-refractivity contribution in [3.8, 4) is 0 Å². The summed E-state index contributed by atoms with van der Waals surface area (Å²) in [5, 5.41) is 6.93. The number of carbonyl (C=O) groups is 4. The van der Waals surface area contributed by atoms with Gasteiger partial charge >= 0.3 is 12.1 Å². The molecule has 3 amide bonds. The first kappa shape index (κ1) is 43.0. The number of hydrogen-bond acceptors (Lipinski definition) is 14. The fourth-order valence-corrected chi connectivity index (χ4v) is 10.5. The van der Waals surface area contributed by atoms with Gasteiger partial charge in [0, 0.05) is 40.1 Å². The summed E-state index contributed by atoms with van der Waals surface area (Å²) in [5.74, 6) is -1.35. The fraction of sp³-hybridized carbons (Fsp3) is 0.357. The number of nitrogens with two attached hydrogens (primary N) is 1. The van der Waals surface area contributed by atoms with Gasteiger partial charge in [0.05, 0.1) is 11.7 Å². The highest BCUT2D eigenvalue weighted by Gasteiger charge is 2.54. The molecule has 0 saturated carbocycles. The number of benzene rings is 2. The number of rotatable bonds is 13. The van der Waals surface area contributed by atoms with Crippen molar-refractivity contribution in [1.29, 1.82) is 0 Å². The van der Waals surface area contributed by atoms with Crippen LogP contribution >= 0.6 is 46.5 Å². The van der Waals surface area contributed by atoms with E-state index >= 15 is 0 Å². The zero-order valence-electron chi connectivity index (χ0n) is 33.3. The van der Waals surface area contributed by atoms with Crippen molar-refractivity contribution in [2.24, 2.45) is 5.16 Å². The predicted octanol–water partition coefficient (Wildman–Crippen LogP) is 7.19. The van der Waals surface area contributed by atoms with Gasteiger partial charge in [-0.25, -0.2) is 14.6 Å². The van der Waals surface area contributed by atoms with Gasteiger partial charge in [0.25, 0.3) is 11.8 Å². The molecule has 2 aromatic carbocycles. The summed E-state index contributed by atoms with van der Waals surface area (Å²) in [5.41, 5.74) is 7.48. The Bertz CT molecular complexity index is 2270. The lowest BCUT2D eigenvalue weighted by molar-refractivity contribution is -0.158. The number of nitrogens with one attached hydrogen (secondary N) is 1. The number of halogens is 1. The van der Waals surface area contributed by atoms with E-state index in [0.717, 1.165) is 39.5 Å². The number of carbonyl (C=O) groups excluding carboxylic acids is 4. The molecule has 0 spiro atoms. The van der Waals surface area contributed by atoms with E-state index in [9.17, 15) is 19.2 Å². The SMILES string of the molecule is CO/N=C(\C(=O)NC1C(=O)N2C(C(=O)OC(c3ccccc3)c3ccccc3)=C(Sc3cccnc3CSC3CCN(C(=O)OC(C)(C)C)C3)CCC12)c1nc(N)sc1Cl. The van der Waals surface area contributed by atoms with E-state index in [2.05, 4.69) is 15.5 Å². The molecule has 314 valence electrons. The summed E-state index contributed by atoms with van der Waals surface area (Å²) in [6, 6.07) is 21.0. The van der Waals surface area contributed by atoms with E-state index in [1.807, 2.05) is 93.6 Å². The smallest absolute Gasteiger partial charge is 0.410 e. The largest absolute Gasteiger partial charge is 0.448 e. The number of amides is 3. The van der Waals surface area contributed by atoms with Crippen LogP contribution in [0.3, 0.4) is 0 Å². The second kappa shape index (κ2) is 18.7. The molecule has 4 aromatic rings. The maximum Gasteiger partial charge on any atom is 0.410 e. The molecule has 0 radical (unpaired) electrons. The average molecular weight is 891 g/mol. The van der Waals surface area contributed by atoms with Gasteiger partial charge in [-0.1, -0.05) is 101 Å². The number of β-lactam (4-membered cyclic amide) rings is 1. The lowest BCUT2D eigenvalue weighted by Crippen LogP contribution is -2.72. The number of ether oxygens (including phenoxy) is 2. The predicted molar refractivity (Wildman–Crippen MR) is 232 cm³/mol. The van der Waals surface area contributed by atoms with Crippen LogP contribution in [-0.4, -0.2) is 92.5 Å². The number of hydrogen-bond donors (Lipinski definition) is 2. The molecular weight excluding hydrogens is 846 g/mol. The molecule has 60 heavy (non-hydrogen) atoms. The van der Waals surface area contributed by atoms with Crippen molar-refractivity contribution in [3.63, 3.8) is 0 Å². The standard InChI is InChI=1S/C42H44ClN7O7S3/c1-42(2,3)57-41(54)49-21-19-26(22-49)58-23-27-29(16-11-20-45-27)59-30-18-17-28-31(46-37(51)33(48-55-4)32-36(43)60-40(44)47-32)38(52)50(28)34(30)39(53)56-35(24-12-7-5-8-13-24)25-14-9-6-10-15-25/h5-16,20,26,28,31,35H,17-19,21-23H2,1-4H3,(H2,44,47)(H,46,51)/b48-33-. The molecule has 7 rings (SSSR count). The van der Waals surface area contributed by atoms with Crippen molar-refractivity contribution in [2.75, 3.05) is 25.9 Å². The van der Waals surface area contributed by atoms with Crippen LogP contribution in [0.25, 0.3) is 0 Å². The summed E-state index contributed by atoms with van der Waals surface area (Å²) in [7, 11) is 1.27. The molecule has 2 aromatic heterocycles. The quantitative estimate of drug-likeness (QED) is 0.0599. The Morgan fingerprint density at radius 2 is 1.75 bits per heavy atom. The zero-order chi connectivity index (χ0) is 42.6. The Morgan fingerprint density at radius 1 is 1.05 bits per heavy atom. The normalized spacial score (nSPS) is 19.2. The Labute approximate surface area is 365 Å². The van der Waals surface area contributed by atoms with Gasteiger partial charge < -0.3 is 30.3 Å². The molecule has 0 bridgehead atoms. The number of nitrogen functional groups attached to an aromatic ring is 1. The minimum atomic E-state index is -0.986. The number of pyridine rings is 1. The number of allylic oxidation sites excluding steroid dienone is 1. The van der Waals surface area contributed by atoms with Gasteiger partial charge in [-0.2, -0.15) is 11.8 Å². The molecule has 18 heteroatoms. The van der Waals surface area contributed by atoms with E-state index in [0.29, 0.717) is 36.6 Å². The van der Waals surface area contributed by atoms with E-state index < -0.39 is 41.6 Å². The number of thioether (sulfide) groups is 2. The molecule has 2 fully saturated rings. The van der Waals surface area contributed by atoms with Crippen LogP contribution in [0.4, 0.5) is 9.93 Å². The van der Waals surface area contributed by atoms with E-state index in [1.165, 1.54) is 23.8 Å². The Hall–Kier alpha value is -5.10. The molecular formula is C42H44ClN7O7S3. The van der Waals surface area contributed by atoms with Crippen LogP contribution in [0.5, 0.6) is 0 Å². The molecule has 3 atom stereocenters. The van der Waals surface area contributed by atoms with Gasteiger partial charge in [0.2, 0.25) is 0 Å². The third-order valence-electron chi connectivity index (χ3n) is 9.86. The van der Waals surface area contributed by atoms with Gasteiger partial charge in [-0.3, -0.25) is 19.5 Å². The maximum absolute atomic E-state index is 14.7. The molecule has 3 N–H and O–H groups in total. The van der Waals surface area contributed by atoms with Crippen molar-refractivity contribution >= 4 is 81.2 Å². The van der Waals surface area contributed by atoms with Gasteiger partial charge in [0.1, 0.15) is 34.5 Å². The van der Waals surface area contributed by atoms with Crippen molar-refractivity contribution < 1.29 is 33.5 Å². The van der Waals surface area contributed by atoms with Crippen LogP contribution < -0.4 is 11.1 Å². The second-order valence-electron chi connectivity index (χ2n) is 15.1. The highest BCUT2D eigenvalue weighted by Crippen LogP contribution is 2.45. The van der Waals surface area contributed by atoms with Crippen molar-refractivity contribution in [2.45, 2.75) is 79.7 Å². The summed E-state index contributed by atoms with van der Waals surface area (Å²) in [6.07, 6.45) is 2.30. The fourth-order valence-electron chi connectivity index (χ4n) is 7.13. The number of thiazole rings is 1. The lowest BCUT2D eigenvalue weighted by atomic mass is 9.86. The highest BCUT2D eigenvalue weighted by atomic mass is 35.5. The van der Waals surface area contributed by atoms with E-state index in [4.69, 9.17) is 36.6 Å². The Kier molecular flexibility index (Phi) is 13.4. The zero-order valence-corrected chi connectivity index (χ0v) is 36.5.